The van der Waals surface area contributed by atoms with E-state index in [0.29, 0.717) is 36.9 Å². The van der Waals surface area contributed by atoms with Crippen molar-refractivity contribution in [1.82, 2.24) is 10.3 Å². The normalized spacial score (nSPS) is 24.6. The van der Waals surface area contributed by atoms with Crippen LogP contribution in [0.3, 0.4) is 0 Å². The second kappa shape index (κ2) is 13.6. The molecule has 39 heavy (non-hydrogen) atoms. The third-order valence-electron chi connectivity index (χ3n) is 9.21. The minimum atomic E-state index is -0.186. The summed E-state index contributed by atoms with van der Waals surface area (Å²) in [6, 6.07) is 8.33. The van der Waals surface area contributed by atoms with Crippen molar-refractivity contribution in [2.45, 2.75) is 108 Å². The van der Waals surface area contributed by atoms with E-state index in [4.69, 9.17) is 13.9 Å². The van der Waals surface area contributed by atoms with Crippen LogP contribution in [0.4, 0.5) is 0 Å². The van der Waals surface area contributed by atoms with Gasteiger partial charge in [-0.05, 0) is 61.5 Å². The van der Waals surface area contributed by atoms with E-state index in [-0.39, 0.29) is 30.0 Å². The lowest BCUT2D eigenvalue weighted by Crippen LogP contribution is -2.27. The number of nitrogens with zero attached hydrogens (tertiary/aromatic N) is 1. The van der Waals surface area contributed by atoms with Gasteiger partial charge < -0.3 is 19.2 Å². The van der Waals surface area contributed by atoms with E-state index in [9.17, 15) is 9.59 Å². The minimum Gasteiger partial charge on any atom is -0.469 e. The molecule has 4 atom stereocenters. The maximum absolute atomic E-state index is 12.8. The van der Waals surface area contributed by atoms with Crippen molar-refractivity contribution < 1.29 is 23.5 Å². The molecule has 1 aromatic heterocycles. The quantitative estimate of drug-likeness (QED) is 0.244. The van der Waals surface area contributed by atoms with Crippen molar-refractivity contribution >= 4 is 11.9 Å². The molecule has 3 aliphatic rings. The number of nitrogens with one attached hydrogen (secondary N) is 1. The molecule has 0 radical (unpaired) electrons. The fraction of sp³-hybridized carbons (Fsp3) is 0.656. The first-order valence-corrected chi connectivity index (χ1v) is 15.1. The van der Waals surface area contributed by atoms with Gasteiger partial charge in [0.2, 0.25) is 5.89 Å². The molecule has 5 rings (SSSR count). The average Bonchev–Trinajstić information content (AvgIpc) is 3.72. The van der Waals surface area contributed by atoms with Crippen molar-refractivity contribution in [2.24, 2.45) is 11.8 Å². The van der Waals surface area contributed by atoms with Gasteiger partial charge >= 0.3 is 5.97 Å². The van der Waals surface area contributed by atoms with Gasteiger partial charge in [0.25, 0.3) is 5.91 Å². The monoisotopic (exact) mass is 536 g/mol. The van der Waals surface area contributed by atoms with E-state index in [1.165, 1.54) is 69.4 Å². The fourth-order valence-electron chi connectivity index (χ4n) is 7.06. The van der Waals surface area contributed by atoms with Gasteiger partial charge in [0.15, 0.2) is 5.69 Å². The standard InChI is InChI=1S/C32H44N2O5/c1-37-29(35)19-15-24-13-6-5-12-23(24)14-16-25-27-17-18-28(39-27)30(25)32-34-26(21-38-32)31(36)33-20-8-7-11-22-9-3-2-4-10-22/h5-6,12-13,21-22,25,27-28,30H,2-4,7-11,14-20H2,1H3,(H,33,36)/t25-,27-,28+,30-/m0/s1. The first-order chi connectivity index (χ1) is 19.1. The number of ether oxygens (including phenoxy) is 2. The zero-order valence-corrected chi connectivity index (χ0v) is 23.4. The molecule has 0 unspecified atom stereocenters. The Bertz CT molecular complexity index is 1090. The number of fused-ring (bicyclic) bond motifs is 2. The molecule has 1 amide bonds. The molecule has 2 bridgehead atoms. The van der Waals surface area contributed by atoms with Crippen LogP contribution in [-0.2, 0) is 27.1 Å². The van der Waals surface area contributed by atoms with Crippen LogP contribution in [0, 0.1) is 11.8 Å². The Morgan fingerprint density at radius 1 is 0.974 bits per heavy atom. The Morgan fingerprint density at radius 2 is 1.74 bits per heavy atom. The summed E-state index contributed by atoms with van der Waals surface area (Å²) < 4.78 is 17.0. The first kappa shape index (κ1) is 27.9. The highest BCUT2D eigenvalue weighted by Gasteiger charge is 2.51. The summed E-state index contributed by atoms with van der Waals surface area (Å²) in [5.41, 5.74) is 2.82. The van der Waals surface area contributed by atoms with Gasteiger partial charge in [-0.15, -0.1) is 0 Å². The smallest absolute Gasteiger partial charge is 0.305 e. The molecule has 7 nitrogen and oxygen atoms in total. The summed E-state index contributed by atoms with van der Waals surface area (Å²) in [6.45, 7) is 0.684. The van der Waals surface area contributed by atoms with Gasteiger partial charge in [0.1, 0.15) is 6.26 Å². The molecule has 2 saturated heterocycles. The molecule has 1 aromatic carbocycles. The van der Waals surface area contributed by atoms with Crippen LogP contribution >= 0.6 is 0 Å². The summed E-state index contributed by atoms with van der Waals surface area (Å²) in [7, 11) is 1.43. The number of aryl methyl sites for hydroxylation is 2. The largest absolute Gasteiger partial charge is 0.469 e. The van der Waals surface area contributed by atoms with Crippen LogP contribution in [-0.4, -0.2) is 42.7 Å². The summed E-state index contributed by atoms with van der Waals surface area (Å²) in [6.07, 6.45) is 17.2. The lowest BCUT2D eigenvalue weighted by atomic mass is 9.76. The van der Waals surface area contributed by atoms with Gasteiger partial charge in [-0.2, -0.15) is 0 Å². The highest BCUT2D eigenvalue weighted by Crippen LogP contribution is 2.50. The number of methoxy groups -OCH3 is 1. The lowest BCUT2D eigenvalue weighted by molar-refractivity contribution is -0.140. The zero-order valence-electron chi connectivity index (χ0n) is 23.4. The van der Waals surface area contributed by atoms with Crippen LogP contribution < -0.4 is 5.32 Å². The lowest BCUT2D eigenvalue weighted by Gasteiger charge is -2.26. The molecule has 3 fully saturated rings. The number of hydrogen-bond donors (Lipinski definition) is 1. The first-order valence-electron chi connectivity index (χ1n) is 15.1. The summed E-state index contributed by atoms with van der Waals surface area (Å²) in [5, 5.41) is 3.04. The summed E-state index contributed by atoms with van der Waals surface area (Å²) in [4.78, 5) is 29.1. The maximum Gasteiger partial charge on any atom is 0.305 e. The average molecular weight is 537 g/mol. The molecule has 7 heteroatoms. The fourth-order valence-corrected chi connectivity index (χ4v) is 7.06. The molecule has 0 spiro atoms. The van der Waals surface area contributed by atoms with Gasteiger partial charge in [-0.3, -0.25) is 9.59 Å². The Hall–Kier alpha value is -2.67. The number of carbonyl (C=O) groups excluding carboxylic acids is 2. The summed E-state index contributed by atoms with van der Waals surface area (Å²) >= 11 is 0. The molecular formula is C32H44N2O5. The number of aromatic nitrogens is 1. The Balaban J connectivity index is 1.13. The van der Waals surface area contributed by atoms with E-state index in [2.05, 4.69) is 28.5 Å². The van der Waals surface area contributed by atoms with Crippen LogP contribution in [0.15, 0.2) is 34.9 Å². The number of benzene rings is 1. The molecule has 1 saturated carbocycles. The third kappa shape index (κ3) is 7.10. The Kier molecular flexibility index (Phi) is 9.72. The van der Waals surface area contributed by atoms with E-state index >= 15 is 0 Å². The van der Waals surface area contributed by atoms with Crippen molar-refractivity contribution in [3.63, 3.8) is 0 Å². The van der Waals surface area contributed by atoms with Crippen LogP contribution in [0.25, 0.3) is 0 Å². The highest BCUT2D eigenvalue weighted by molar-refractivity contribution is 5.91. The predicted octanol–water partition coefficient (Wildman–Crippen LogP) is 6.15. The van der Waals surface area contributed by atoms with Gasteiger partial charge in [-0.1, -0.05) is 69.2 Å². The Morgan fingerprint density at radius 3 is 2.54 bits per heavy atom. The Labute approximate surface area is 232 Å². The van der Waals surface area contributed by atoms with E-state index in [1.54, 1.807) is 0 Å². The van der Waals surface area contributed by atoms with E-state index < -0.39 is 0 Å². The number of oxazole rings is 1. The van der Waals surface area contributed by atoms with Crippen LogP contribution in [0.5, 0.6) is 0 Å². The molecule has 2 aromatic rings. The van der Waals surface area contributed by atoms with E-state index in [0.717, 1.165) is 38.0 Å². The molecule has 3 heterocycles. The summed E-state index contributed by atoms with van der Waals surface area (Å²) in [5.74, 6) is 1.55. The number of amides is 1. The molecular weight excluding hydrogens is 492 g/mol. The maximum atomic E-state index is 12.8. The SMILES string of the molecule is COC(=O)CCc1ccccc1CC[C@@H]1[C@H](c2nc(C(=O)NCCCCC3CCCCC3)co2)[C@H]2CC[C@@H]1O2. The van der Waals surface area contributed by atoms with Crippen molar-refractivity contribution in [3.8, 4) is 0 Å². The van der Waals surface area contributed by atoms with Crippen LogP contribution in [0.1, 0.15) is 110 Å². The number of esters is 1. The number of hydrogen-bond acceptors (Lipinski definition) is 6. The van der Waals surface area contributed by atoms with Crippen LogP contribution in [0.2, 0.25) is 0 Å². The number of rotatable bonds is 13. The zero-order chi connectivity index (χ0) is 27.0. The van der Waals surface area contributed by atoms with Gasteiger partial charge in [0, 0.05) is 13.0 Å². The second-order valence-corrected chi connectivity index (χ2v) is 11.7. The second-order valence-electron chi connectivity index (χ2n) is 11.7. The molecule has 1 N–H and O–H groups in total. The molecule has 212 valence electrons. The molecule has 1 aliphatic carbocycles. The number of carbonyl (C=O) groups is 2. The predicted molar refractivity (Wildman–Crippen MR) is 148 cm³/mol. The number of unbranched alkanes of at least 4 members (excludes halogenated alkanes) is 1. The van der Waals surface area contributed by atoms with Gasteiger partial charge in [0.05, 0.1) is 25.2 Å². The topological polar surface area (TPSA) is 90.7 Å². The minimum absolute atomic E-state index is 0.0722. The van der Waals surface area contributed by atoms with Crippen molar-refractivity contribution in [3.05, 3.63) is 53.2 Å². The van der Waals surface area contributed by atoms with Gasteiger partial charge in [-0.25, -0.2) is 4.98 Å². The third-order valence-corrected chi connectivity index (χ3v) is 9.21. The molecule has 2 aliphatic heterocycles. The highest BCUT2D eigenvalue weighted by atomic mass is 16.5. The van der Waals surface area contributed by atoms with Crippen molar-refractivity contribution in [2.75, 3.05) is 13.7 Å². The van der Waals surface area contributed by atoms with E-state index in [1.807, 2.05) is 6.07 Å². The van der Waals surface area contributed by atoms with Crippen molar-refractivity contribution in [1.29, 1.82) is 0 Å².